The fourth-order valence-electron chi connectivity index (χ4n) is 3.23. The number of carbonyl (C=O) groups excluding carboxylic acids is 1. The van der Waals surface area contributed by atoms with Crippen molar-refractivity contribution in [2.45, 2.75) is 51.9 Å². The molecule has 0 saturated carbocycles. The van der Waals surface area contributed by atoms with E-state index in [4.69, 9.17) is 4.74 Å². The molecule has 0 saturated heterocycles. The molecule has 0 aliphatic carbocycles. The van der Waals surface area contributed by atoms with E-state index < -0.39 is 0 Å². The second-order valence-corrected chi connectivity index (χ2v) is 7.44. The molecule has 0 heterocycles. The van der Waals surface area contributed by atoms with Crippen LogP contribution in [0.3, 0.4) is 0 Å². The summed E-state index contributed by atoms with van der Waals surface area (Å²) < 4.78 is 5.10. The number of hydrogen-bond donors (Lipinski definition) is 1. The second-order valence-electron chi connectivity index (χ2n) is 7.44. The van der Waals surface area contributed by atoms with Gasteiger partial charge in [0.2, 0.25) is 0 Å². The van der Waals surface area contributed by atoms with Crippen molar-refractivity contribution in [2.24, 2.45) is 5.92 Å². The third-order valence-corrected chi connectivity index (χ3v) is 5.04. The minimum atomic E-state index is 0.121. The molecule has 1 atom stereocenters. The molecular formula is C25H32O3. The molecule has 0 radical (unpaired) electrons. The van der Waals surface area contributed by atoms with Gasteiger partial charge in [-0.2, -0.15) is 0 Å². The number of benzene rings is 2. The van der Waals surface area contributed by atoms with E-state index in [-0.39, 0.29) is 11.5 Å². The number of aromatic hydroxyl groups is 1. The van der Waals surface area contributed by atoms with E-state index in [1.165, 1.54) is 25.5 Å². The van der Waals surface area contributed by atoms with Gasteiger partial charge in [0.25, 0.3) is 0 Å². The molecule has 3 nitrogen and oxygen atoms in total. The average Bonchev–Trinajstić information content (AvgIpc) is 2.72. The quantitative estimate of drug-likeness (QED) is 0.368. The van der Waals surface area contributed by atoms with Gasteiger partial charge in [0.1, 0.15) is 0 Å². The number of phenols is 1. The Bertz CT molecular complexity index is 750. The molecule has 0 amide bonds. The maximum Gasteiger partial charge on any atom is 0.160 e. The summed E-state index contributed by atoms with van der Waals surface area (Å²) in [5.41, 5.74) is 2.40. The van der Waals surface area contributed by atoms with Crippen LogP contribution < -0.4 is 4.74 Å². The minimum absolute atomic E-state index is 0.121. The lowest BCUT2D eigenvalue weighted by Gasteiger charge is -2.10. The Balaban J connectivity index is 1.60. The lowest BCUT2D eigenvalue weighted by atomic mass is 9.96. The number of methoxy groups -OCH3 is 1. The molecule has 0 bridgehead atoms. The van der Waals surface area contributed by atoms with E-state index in [1.54, 1.807) is 18.2 Å². The summed E-state index contributed by atoms with van der Waals surface area (Å²) in [7, 11) is 1.52. The maximum atomic E-state index is 12.0. The van der Waals surface area contributed by atoms with E-state index >= 15 is 0 Å². The molecule has 0 aliphatic rings. The summed E-state index contributed by atoms with van der Waals surface area (Å²) in [5, 5.41) is 9.61. The smallest absolute Gasteiger partial charge is 0.160 e. The van der Waals surface area contributed by atoms with E-state index in [9.17, 15) is 9.90 Å². The van der Waals surface area contributed by atoms with E-state index in [0.717, 1.165) is 24.8 Å². The van der Waals surface area contributed by atoms with Crippen LogP contribution in [0, 0.1) is 5.92 Å². The van der Waals surface area contributed by atoms with Crippen molar-refractivity contribution >= 4 is 5.78 Å². The molecule has 1 N–H and O–H groups in total. The van der Waals surface area contributed by atoms with Crippen molar-refractivity contribution in [3.63, 3.8) is 0 Å². The average molecular weight is 381 g/mol. The number of ether oxygens (including phenoxy) is 1. The topological polar surface area (TPSA) is 46.5 Å². The van der Waals surface area contributed by atoms with Crippen LogP contribution in [-0.2, 0) is 17.6 Å². The molecule has 0 unspecified atom stereocenters. The fraction of sp³-hybridized carbons (Fsp3) is 0.400. The first-order valence-electron chi connectivity index (χ1n) is 10.2. The lowest BCUT2D eigenvalue weighted by molar-refractivity contribution is -0.114. The van der Waals surface area contributed by atoms with Crippen molar-refractivity contribution in [3.8, 4) is 11.5 Å². The van der Waals surface area contributed by atoms with Crippen LogP contribution >= 0.6 is 0 Å². The third kappa shape index (κ3) is 7.99. The predicted octanol–water partition coefficient (Wildman–Crippen LogP) is 5.90. The number of unbranched alkanes of at least 4 members (excludes halogenated alkanes) is 1. The Kier molecular flexibility index (Phi) is 9.33. The molecule has 28 heavy (non-hydrogen) atoms. The zero-order valence-corrected chi connectivity index (χ0v) is 17.1. The summed E-state index contributed by atoms with van der Waals surface area (Å²) in [6.45, 7) is 2.31. The van der Waals surface area contributed by atoms with Gasteiger partial charge in [-0.05, 0) is 67.4 Å². The monoisotopic (exact) mass is 380 g/mol. The summed E-state index contributed by atoms with van der Waals surface area (Å²) in [5.74, 6) is 1.41. The van der Waals surface area contributed by atoms with E-state index in [0.29, 0.717) is 24.5 Å². The van der Waals surface area contributed by atoms with Gasteiger partial charge in [-0.25, -0.2) is 0 Å². The highest BCUT2D eigenvalue weighted by molar-refractivity contribution is 5.89. The van der Waals surface area contributed by atoms with Crippen LogP contribution in [0.4, 0.5) is 0 Å². The number of aryl methyl sites for hydroxylation is 2. The maximum absolute atomic E-state index is 12.0. The fourth-order valence-corrected chi connectivity index (χ4v) is 3.23. The van der Waals surface area contributed by atoms with Crippen LogP contribution in [-0.4, -0.2) is 18.0 Å². The number of hydrogen-bond acceptors (Lipinski definition) is 3. The zero-order valence-electron chi connectivity index (χ0n) is 17.1. The van der Waals surface area contributed by atoms with Gasteiger partial charge < -0.3 is 9.84 Å². The molecule has 0 spiro atoms. The SMILES string of the molecule is COc1cc(CCC(=O)/C=C/CCC[C@H](C)CCc2ccccc2)ccc1O. The number of phenolic OH excluding ortho intramolecular Hbond substituents is 1. The van der Waals surface area contributed by atoms with Gasteiger partial charge in [0, 0.05) is 6.42 Å². The van der Waals surface area contributed by atoms with Gasteiger partial charge in [-0.15, -0.1) is 0 Å². The Hall–Kier alpha value is -2.55. The summed E-state index contributed by atoms with van der Waals surface area (Å²) in [6, 6.07) is 15.8. The summed E-state index contributed by atoms with van der Waals surface area (Å²) in [4.78, 5) is 12.0. The van der Waals surface area contributed by atoms with Gasteiger partial charge in [0.05, 0.1) is 7.11 Å². The van der Waals surface area contributed by atoms with Crippen LogP contribution in [0.1, 0.15) is 50.2 Å². The standard InChI is InChI=1S/C25H32O3/c1-20(13-14-21-10-6-4-7-11-21)9-5-3-8-12-23(26)17-15-22-16-18-24(27)25(19-22)28-2/h4,6-8,10-12,16,18-20,27H,3,5,9,13-15,17H2,1-2H3/b12-8+/t20-/m0/s1. The van der Waals surface area contributed by atoms with Crippen molar-refractivity contribution in [1.82, 2.24) is 0 Å². The number of rotatable bonds is 12. The normalized spacial score (nSPS) is 12.2. The van der Waals surface area contributed by atoms with Gasteiger partial charge >= 0.3 is 0 Å². The lowest BCUT2D eigenvalue weighted by Crippen LogP contribution is -1.98. The van der Waals surface area contributed by atoms with Crippen molar-refractivity contribution < 1.29 is 14.6 Å². The van der Waals surface area contributed by atoms with E-state index in [2.05, 4.69) is 37.3 Å². The van der Waals surface area contributed by atoms with Gasteiger partial charge in [0.15, 0.2) is 17.3 Å². The highest BCUT2D eigenvalue weighted by Gasteiger charge is 2.05. The molecule has 150 valence electrons. The highest BCUT2D eigenvalue weighted by atomic mass is 16.5. The molecule has 2 aromatic carbocycles. The van der Waals surface area contributed by atoms with Crippen LogP contribution in [0.5, 0.6) is 11.5 Å². The summed E-state index contributed by atoms with van der Waals surface area (Å²) in [6.07, 6.45) is 10.5. The van der Waals surface area contributed by atoms with Crippen molar-refractivity contribution in [3.05, 3.63) is 71.8 Å². The Morgan fingerprint density at radius 3 is 2.61 bits per heavy atom. The van der Waals surface area contributed by atoms with Crippen LogP contribution in [0.15, 0.2) is 60.7 Å². The van der Waals surface area contributed by atoms with Crippen LogP contribution in [0.2, 0.25) is 0 Å². The number of carbonyl (C=O) groups is 1. The summed E-state index contributed by atoms with van der Waals surface area (Å²) >= 11 is 0. The molecular weight excluding hydrogens is 348 g/mol. The Morgan fingerprint density at radius 2 is 1.86 bits per heavy atom. The first-order chi connectivity index (χ1) is 13.6. The zero-order chi connectivity index (χ0) is 20.2. The number of ketones is 1. The highest BCUT2D eigenvalue weighted by Crippen LogP contribution is 2.26. The van der Waals surface area contributed by atoms with Gasteiger partial charge in [-0.3, -0.25) is 4.79 Å². The second kappa shape index (κ2) is 12.0. The predicted molar refractivity (Wildman–Crippen MR) is 115 cm³/mol. The van der Waals surface area contributed by atoms with Crippen molar-refractivity contribution in [2.75, 3.05) is 7.11 Å². The molecule has 0 aromatic heterocycles. The Morgan fingerprint density at radius 1 is 1.07 bits per heavy atom. The largest absolute Gasteiger partial charge is 0.504 e. The molecule has 0 fully saturated rings. The third-order valence-electron chi connectivity index (χ3n) is 5.04. The van der Waals surface area contributed by atoms with Gasteiger partial charge in [-0.1, -0.05) is 55.8 Å². The molecule has 2 aromatic rings. The van der Waals surface area contributed by atoms with Crippen LogP contribution in [0.25, 0.3) is 0 Å². The van der Waals surface area contributed by atoms with E-state index in [1.807, 2.05) is 12.1 Å². The van der Waals surface area contributed by atoms with Crippen molar-refractivity contribution in [1.29, 1.82) is 0 Å². The minimum Gasteiger partial charge on any atom is -0.504 e. The number of allylic oxidation sites excluding steroid dienone is 2. The molecule has 2 rings (SSSR count). The molecule has 3 heteroatoms. The molecule has 0 aliphatic heterocycles. The Labute approximate surface area is 169 Å². The first kappa shape index (κ1) is 21.7. The first-order valence-corrected chi connectivity index (χ1v) is 10.2.